The summed E-state index contributed by atoms with van der Waals surface area (Å²) in [7, 11) is 0. The molecule has 0 saturated heterocycles. The summed E-state index contributed by atoms with van der Waals surface area (Å²) in [5.74, 6) is -1.72. The Kier molecular flexibility index (Phi) is 8.90. The van der Waals surface area contributed by atoms with Gasteiger partial charge in [0.05, 0.1) is 53.7 Å². The van der Waals surface area contributed by atoms with Crippen molar-refractivity contribution in [2.24, 2.45) is 9.98 Å². The number of H-pyrrole nitrogens is 2. The maximum absolute atomic E-state index is 13.2. The molecule has 0 fully saturated rings. The number of aliphatic imine (C=N–C) groups is 2. The minimum absolute atomic E-state index is 0.135. The monoisotopic (exact) mass is 542 g/mol. The van der Waals surface area contributed by atoms with Gasteiger partial charge in [-0.05, 0) is 76.3 Å². The molecule has 40 heavy (non-hydrogen) atoms. The Bertz CT molecular complexity index is 1630. The zero-order valence-corrected chi connectivity index (χ0v) is 22.7. The van der Waals surface area contributed by atoms with Gasteiger partial charge in [-0.2, -0.15) is 0 Å². The van der Waals surface area contributed by atoms with Crippen LogP contribution in [-0.2, 0) is 28.6 Å². The molecule has 2 N–H and O–H groups in total. The number of hydrogen-bond donors (Lipinski definition) is 2. The minimum atomic E-state index is -0.620. The largest absolute Gasteiger partial charge is 0.462 e. The minimum Gasteiger partial charge on any atom is -0.462 e. The number of nitrogens with one attached hydrogen (secondary N) is 2. The molecular formula is C30H30N4O6. The Balaban J connectivity index is 1.85. The predicted octanol–water partition coefficient (Wildman–Crippen LogP) is 2.65. The average molecular weight is 543 g/mol. The quantitative estimate of drug-likeness (QED) is 0.284. The number of aromatic nitrogens is 2. The van der Waals surface area contributed by atoms with Gasteiger partial charge in [0.25, 0.3) is 0 Å². The molecule has 0 aromatic carbocycles. The topological polar surface area (TPSA) is 135 Å². The van der Waals surface area contributed by atoms with Gasteiger partial charge in [-0.1, -0.05) is 6.08 Å². The van der Waals surface area contributed by atoms with Crippen LogP contribution in [0, 0.1) is 0 Å². The first kappa shape index (κ1) is 28.0. The molecule has 0 atom stereocenters. The Morgan fingerprint density at radius 3 is 1.95 bits per heavy atom. The molecule has 0 unspecified atom stereocenters. The number of allylic oxidation sites excluding steroid dienone is 4. The van der Waals surface area contributed by atoms with Crippen LogP contribution in [0.25, 0.3) is 17.2 Å². The fourth-order valence-corrected chi connectivity index (χ4v) is 4.17. The lowest BCUT2D eigenvalue weighted by atomic mass is 10.1. The van der Waals surface area contributed by atoms with Gasteiger partial charge in [-0.15, -0.1) is 0 Å². The summed E-state index contributed by atoms with van der Waals surface area (Å²) < 4.78 is 15.9. The second-order valence-corrected chi connectivity index (χ2v) is 8.43. The number of carbonyl (C=O) groups excluding carboxylic acids is 3. The van der Waals surface area contributed by atoms with Crippen LogP contribution in [0.4, 0.5) is 0 Å². The maximum atomic E-state index is 13.2. The molecule has 206 valence electrons. The molecule has 0 saturated carbocycles. The first-order valence-corrected chi connectivity index (χ1v) is 12.9. The predicted molar refractivity (Wildman–Crippen MR) is 152 cm³/mol. The second kappa shape index (κ2) is 12.7. The molecule has 0 radical (unpaired) electrons. The van der Waals surface area contributed by atoms with E-state index in [1.165, 1.54) is 0 Å². The summed E-state index contributed by atoms with van der Waals surface area (Å²) in [6.07, 6.45) is 10.1. The highest BCUT2D eigenvalue weighted by molar-refractivity contribution is 6.28. The van der Waals surface area contributed by atoms with E-state index in [9.17, 15) is 14.4 Å². The zero-order chi connectivity index (χ0) is 28.6. The first-order chi connectivity index (χ1) is 19.4. The summed E-state index contributed by atoms with van der Waals surface area (Å²) in [6, 6.07) is 6.99. The Morgan fingerprint density at radius 1 is 0.750 bits per heavy atom. The maximum Gasteiger partial charge on any atom is 0.342 e. The lowest BCUT2D eigenvalue weighted by Gasteiger charge is -2.09. The Morgan fingerprint density at radius 2 is 1.38 bits per heavy atom. The van der Waals surface area contributed by atoms with E-state index in [-0.39, 0.29) is 42.2 Å². The highest BCUT2D eigenvalue weighted by Crippen LogP contribution is 2.29. The van der Waals surface area contributed by atoms with Gasteiger partial charge in [0.1, 0.15) is 16.7 Å². The molecule has 4 rings (SSSR count). The number of esters is 3. The summed E-state index contributed by atoms with van der Waals surface area (Å²) in [5.41, 5.74) is 2.39. The van der Waals surface area contributed by atoms with Gasteiger partial charge in [0.15, 0.2) is 0 Å². The fourth-order valence-electron chi connectivity index (χ4n) is 4.17. The molecule has 2 aromatic rings. The van der Waals surface area contributed by atoms with Crippen molar-refractivity contribution in [1.29, 1.82) is 0 Å². The van der Waals surface area contributed by atoms with Gasteiger partial charge >= 0.3 is 17.9 Å². The highest BCUT2D eigenvalue weighted by atomic mass is 16.5. The number of nitrogens with zero attached hydrogens (tertiary/aromatic N) is 2. The van der Waals surface area contributed by atoms with Gasteiger partial charge in [-0.25, -0.2) is 19.4 Å². The number of rotatable bonds is 9. The third-order valence-corrected chi connectivity index (χ3v) is 5.91. The van der Waals surface area contributed by atoms with E-state index in [0.717, 1.165) is 5.35 Å². The zero-order valence-electron chi connectivity index (χ0n) is 22.7. The molecular weight excluding hydrogens is 512 g/mol. The standard InChI is InChI=1S/C30H30N4O6/c1-5-18-11-12-20(32-18)26(29(36)39-7-3)22-15-16-24(34-22)27(30(37)40-8-4)23-14-13-21(33-23)25(28(35)38-6-2)19-10-9-17-31-19/h5,9-17,32,34H,6-8H2,1-4H3/b18-5-,25-19+,26-20+,27-23?. The number of aromatic amines is 2. The fraction of sp³-hybridized carbons (Fsp3) is 0.233. The third kappa shape index (κ3) is 5.85. The van der Waals surface area contributed by atoms with Crippen LogP contribution in [-0.4, -0.2) is 59.6 Å². The molecule has 2 aliphatic rings. The van der Waals surface area contributed by atoms with Crippen LogP contribution in [0.3, 0.4) is 0 Å². The average Bonchev–Trinajstić information content (AvgIpc) is 3.75. The smallest absolute Gasteiger partial charge is 0.342 e. The lowest BCUT2D eigenvalue weighted by Crippen LogP contribution is -2.20. The van der Waals surface area contributed by atoms with Gasteiger partial charge < -0.3 is 24.2 Å². The molecule has 4 heterocycles. The summed E-state index contributed by atoms with van der Waals surface area (Å²) in [5, 5.41) is 1.39. The van der Waals surface area contributed by atoms with Crippen molar-refractivity contribution < 1.29 is 28.6 Å². The molecule has 2 aliphatic heterocycles. The van der Waals surface area contributed by atoms with E-state index in [1.807, 2.05) is 19.1 Å². The van der Waals surface area contributed by atoms with E-state index in [4.69, 9.17) is 14.2 Å². The van der Waals surface area contributed by atoms with Crippen LogP contribution in [0.1, 0.15) is 39.1 Å². The second-order valence-electron chi connectivity index (χ2n) is 8.43. The van der Waals surface area contributed by atoms with E-state index >= 15 is 0 Å². The van der Waals surface area contributed by atoms with E-state index in [1.54, 1.807) is 69.5 Å². The van der Waals surface area contributed by atoms with Crippen LogP contribution in [0.2, 0.25) is 0 Å². The van der Waals surface area contributed by atoms with Gasteiger partial charge in [-0.3, -0.25) is 4.99 Å². The molecule has 0 amide bonds. The number of hydrogen-bond acceptors (Lipinski definition) is 8. The summed E-state index contributed by atoms with van der Waals surface area (Å²) in [4.78, 5) is 54.1. The van der Waals surface area contributed by atoms with Crippen molar-refractivity contribution in [2.75, 3.05) is 19.8 Å². The van der Waals surface area contributed by atoms with E-state index in [0.29, 0.717) is 28.1 Å². The molecule has 2 aromatic heterocycles. The van der Waals surface area contributed by atoms with Crippen molar-refractivity contribution in [2.45, 2.75) is 27.7 Å². The van der Waals surface area contributed by atoms with Gasteiger partial charge in [0, 0.05) is 11.6 Å². The van der Waals surface area contributed by atoms with Crippen molar-refractivity contribution >= 4 is 47.1 Å². The van der Waals surface area contributed by atoms with Crippen molar-refractivity contribution in [3.63, 3.8) is 0 Å². The molecule has 10 nitrogen and oxygen atoms in total. The van der Waals surface area contributed by atoms with Crippen LogP contribution in [0.15, 0.2) is 75.5 Å². The van der Waals surface area contributed by atoms with E-state index < -0.39 is 17.9 Å². The Hall–Kier alpha value is -4.99. The van der Waals surface area contributed by atoms with Crippen molar-refractivity contribution in [3.8, 4) is 0 Å². The third-order valence-electron chi connectivity index (χ3n) is 5.91. The molecule has 0 aliphatic carbocycles. The molecule has 10 heteroatoms. The van der Waals surface area contributed by atoms with Crippen LogP contribution in [0.5, 0.6) is 0 Å². The summed E-state index contributed by atoms with van der Waals surface area (Å²) in [6.45, 7) is 7.54. The van der Waals surface area contributed by atoms with Crippen molar-refractivity contribution in [1.82, 2.24) is 9.97 Å². The first-order valence-electron chi connectivity index (χ1n) is 12.9. The highest BCUT2D eigenvalue weighted by Gasteiger charge is 2.28. The summed E-state index contributed by atoms with van der Waals surface area (Å²) >= 11 is 0. The Labute approximate surface area is 230 Å². The normalized spacial score (nSPS) is 17.6. The number of carbonyl (C=O) groups is 3. The number of ether oxygens (including phenoxy) is 3. The van der Waals surface area contributed by atoms with Crippen LogP contribution >= 0.6 is 0 Å². The van der Waals surface area contributed by atoms with E-state index in [2.05, 4.69) is 20.0 Å². The lowest BCUT2D eigenvalue weighted by molar-refractivity contribution is -0.138. The van der Waals surface area contributed by atoms with Crippen LogP contribution < -0.4 is 10.7 Å². The molecule has 0 bridgehead atoms. The van der Waals surface area contributed by atoms with Gasteiger partial charge in [0.2, 0.25) is 0 Å². The van der Waals surface area contributed by atoms with Crippen molar-refractivity contribution in [3.05, 3.63) is 87.6 Å². The molecule has 0 spiro atoms. The SMILES string of the molecule is C/C=c1/cc/c(=C(\C(=O)OCC)c2ccc(C(C(=O)OCC)=C3C=CC(/C(C(=O)OCC)=C4/C=CC=N4)=N3)[nH]2)[nH]1.